The van der Waals surface area contributed by atoms with Crippen LogP contribution in [-0.4, -0.2) is 11.3 Å². The Bertz CT molecular complexity index is 598. The summed E-state index contributed by atoms with van der Waals surface area (Å²) in [5.41, 5.74) is 11.2. The van der Waals surface area contributed by atoms with Gasteiger partial charge in [0.15, 0.2) is 0 Å². The molecule has 0 unspecified atom stereocenters. The number of nitrogen functional groups attached to an aromatic ring is 1. The van der Waals surface area contributed by atoms with Crippen molar-refractivity contribution in [3.05, 3.63) is 42.1 Å². The summed E-state index contributed by atoms with van der Waals surface area (Å²) in [6.45, 7) is 7.18. The normalized spacial score (nSPS) is 16.3. The Morgan fingerprint density at radius 3 is 2.67 bits per heavy atom. The van der Waals surface area contributed by atoms with Crippen molar-refractivity contribution in [3.8, 4) is 0 Å². The highest BCUT2D eigenvalue weighted by Crippen LogP contribution is 2.29. The fraction of sp³-hybridized carbons (Fsp3) is 0.333. The van der Waals surface area contributed by atoms with Gasteiger partial charge in [-0.3, -0.25) is 0 Å². The number of anilines is 1. The zero-order chi connectivity index (χ0) is 12.9. The molecule has 0 radical (unpaired) electrons. The van der Waals surface area contributed by atoms with Crippen molar-refractivity contribution in [2.45, 2.75) is 32.6 Å². The van der Waals surface area contributed by atoms with Gasteiger partial charge in [0.25, 0.3) is 0 Å². The Labute approximate surface area is 109 Å². The molecule has 92 valence electrons. The molecule has 0 saturated carbocycles. The molecule has 0 bridgehead atoms. The van der Waals surface area contributed by atoms with E-state index in [0.29, 0.717) is 6.71 Å². The lowest BCUT2D eigenvalue weighted by atomic mass is 9.37. The topological polar surface area (TPSA) is 30.9 Å². The van der Waals surface area contributed by atoms with E-state index in [9.17, 15) is 0 Å². The van der Waals surface area contributed by atoms with Crippen LogP contribution < -0.4 is 16.8 Å². The molecule has 2 aromatic rings. The third-order valence-corrected chi connectivity index (χ3v) is 4.29. The van der Waals surface area contributed by atoms with E-state index in [1.807, 2.05) is 6.07 Å². The zero-order valence-corrected chi connectivity index (χ0v) is 11.3. The first-order valence-corrected chi connectivity index (χ1v) is 6.64. The van der Waals surface area contributed by atoms with Gasteiger partial charge in [-0.05, 0) is 25.5 Å². The van der Waals surface area contributed by atoms with E-state index in [1.165, 1.54) is 16.6 Å². The van der Waals surface area contributed by atoms with E-state index in [1.54, 1.807) is 0 Å². The second kappa shape index (κ2) is 3.68. The van der Waals surface area contributed by atoms with Crippen LogP contribution in [-0.2, 0) is 5.54 Å². The number of rotatable bonds is 1. The van der Waals surface area contributed by atoms with Crippen LogP contribution in [0.1, 0.15) is 26.3 Å². The van der Waals surface area contributed by atoms with E-state index in [2.05, 4.69) is 55.8 Å². The molecule has 2 N–H and O–H groups in total. The van der Waals surface area contributed by atoms with E-state index in [0.717, 1.165) is 12.0 Å². The van der Waals surface area contributed by atoms with Crippen LogP contribution in [0.5, 0.6) is 0 Å². The Morgan fingerprint density at radius 2 is 1.94 bits per heavy atom. The molecule has 0 fully saturated rings. The van der Waals surface area contributed by atoms with Crippen molar-refractivity contribution in [1.82, 2.24) is 4.57 Å². The lowest BCUT2D eigenvalue weighted by Gasteiger charge is -2.39. The van der Waals surface area contributed by atoms with Gasteiger partial charge < -0.3 is 10.3 Å². The quantitative estimate of drug-likeness (QED) is 0.754. The maximum atomic E-state index is 6.18. The molecule has 0 saturated heterocycles. The minimum Gasteiger partial charge on any atom is -0.398 e. The second-order valence-electron chi connectivity index (χ2n) is 5.63. The molecule has 2 heterocycles. The molecule has 1 aliphatic rings. The van der Waals surface area contributed by atoms with Gasteiger partial charge in [0.1, 0.15) is 0 Å². The number of fused-ring (bicyclic) bond motifs is 2. The van der Waals surface area contributed by atoms with Crippen LogP contribution in [0, 0.1) is 0 Å². The van der Waals surface area contributed by atoms with E-state index >= 15 is 0 Å². The number of benzene rings is 1. The zero-order valence-electron chi connectivity index (χ0n) is 11.3. The maximum absolute atomic E-state index is 6.18. The Morgan fingerprint density at radius 1 is 1.22 bits per heavy atom. The molecule has 18 heavy (non-hydrogen) atoms. The van der Waals surface area contributed by atoms with Crippen molar-refractivity contribution in [1.29, 1.82) is 0 Å². The minimum absolute atomic E-state index is 0.0186. The van der Waals surface area contributed by atoms with Gasteiger partial charge in [-0.1, -0.05) is 43.0 Å². The number of aromatic nitrogens is 1. The van der Waals surface area contributed by atoms with E-state index in [4.69, 9.17) is 5.73 Å². The Hall–Kier alpha value is -1.64. The molecule has 1 aromatic carbocycles. The van der Waals surface area contributed by atoms with Crippen LogP contribution >= 0.6 is 0 Å². The van der Waals surface area contributed by atoms with Crippen LogP contribution in [0.25, 0.3) is 0 Å². The lowest BCUT2D eigenvalue weighted by Crippen LogP contribution is -2.58. The minimum atomic E-state index is -0.0186. The number of nitrogens with zero attached hydrogens (tertiary/aromatic N) is 1. The highest BCUT2D eigenvalue weighted by molar-refractivity contribution is 6.86. The predicted octanol–water partition coefficient (Wildman–Crippen LogP) is 1.80. The summed E-state index contributed by atoms with van der Waals surface area (Å²) >= 11 is 0. The third kappa shape index (κ3) is 1.30. The first-order valence-electron chi connectivity index (χ1n) is 6.64. The van der Waals surface area contributed by atoms with Gasteiger partial charge in [-0.15, -0.1) is 0 Å². The fourth-order valence-corrected chi connectivity index (χ4v) is 3.36. The number of hydrogen-bond acceptors (Lipinski definition) is 1. The molecule has 1 aliphatic heterocycles. The molecule has 1 aromatic heterocycles. The van der Waals surface area contributed by atoms with E-state index < -0.39 is 0 Å². The molecule has 0 atom stereocenters. The second-order valence-corrected chi connectivity index (χ2v) is 5.63. The molecule has 0 amide bonds. The first-order chi connectivity index (χ1) is 8.57. The smallest absolute Gasteiger partial charge is 0.233 e. The molecular weight excluding hydrogens is 219 g/mol. The summed E-state index contributed by atoms with van der Waals surface area (Å²) in [7, 11) is 0. The van der Waals surface area contributed by atoms with Gasteiger partial charge in [0.2, 0.25) is 6.71 Å². The van der Waals surface area contributed by atoms with Gasteiger partial charge in [-0.25, -0.2) is 0 Å². The molecule has 3 heteroatoms. The molecule has 0 aliphatic carbocycles. The van der Waals surface area contributed by atoms with Gasteiger partial charge in [0, 0.05) is 17.5 Å². The summed E-state index contributed by atoms with van der Waals surface area (Å²) in [5.74, 6) is 0. The summed E-state index contributed by atoms with van der Waals surface area (Å²) in [4.78, 5) is 0. The maximum Gasteiger partial charge on any atom is 0.233 e. The predicted molar refractivity (Wildman–Crippen MR) is 79.2 cm³/mol. The Kier molecular flexibility index (Phi) is 2.34. The van der Waals surface area contributed by atoms with Crippen molar-refractivity contribution in [2.75, 3.05) is 5.73 Å². The number of hydrogen-bond donors (Lipinski definition) is 1. The highest BCUT2D eigenvalue weighted by atomic mass is 15.1. The summed E-state index contributed by atoms with van der Waals surface area (Å²) < 4.78 is 2.35. The van der Waals surface area contributed by atoms with Crippen LogP contribution in [0.4, 0.5) is 5.69 Å². The third-order valence-electron chi connectivity index (χ3n) is 4.29. The molecule has 2 nitrogen and oxygen atoms in total. The monoisotopic (exact) mass is 238 g/mol. The van der Waals surface area contributed by atoms with Gasteiger partial charge in [-0.2, -0.15) is 0 Å². The SMILES string of the molecule is CCB1c2ccccc2C(C)(C)n2ccc(N)c21. The Balaban J connectivity index is 2.34. The molecule has 3 rings (SSSR count). The fourth-order valence-electron chi connectivity index (χ4n) is 3.36. The summed E-state index contributed by atoms with van der Waals surface area (Å²) in [5, 5.41) is 0. The van der Waals surface area contributed by atoms with Crippen LogP contribution in [0.3, 0.4) is 0 Å². The molecular formula is C15H19BN2. The van der Waals surface area contributed by atoms with E-state index in [-0.39, 0.29) is 5.54 Å². The summed E-state index contributed by atoms with van der Waals surface area (Å²) in [6.07, 6.45) is 3.21. The number of nitrogens with two attached hydrogens (primary N) is 1. The van der Waals surface area contributed by atoms with Crippen molar-refractivity contribution in [3.63, 3.8) is 0 Å². The standard InChI is InChI=1S/C15H19BN2/c1-4-16-12-8-6-5-7-11(12)15(2,3)18-10-9-13(17)14(16)18/h5-10H,4,17H2,1-3H3. The lowest BCUT2D eigenvalue weighted by molar-refractivity contribution is 0.446. The van der Waals surface area contributed by atoms with Crippen LogP contribution in [0.15, 0.2) is 36.5 Å². The average molecular weight is 238 g/mol. The van der Waals surface area contributed by atoms with Crippen LogP contribution in [0.2, 0.25) is 6.32 Å². The van der Waals surface area contributed by atoms with Gasteiger partial charge >= 0.3 is 0 Å². The largest absolute Gasteiger partial charge is 0.398 e. The summed E-state index contributed by atoms with van der Waals surface area (Å²) in [6, 6.07) is 10.8. The average Bonchev–Trinajstić information content (AvgIpc) is 2.74. The van der Waals surface area contributed by atoms with Crippen molar-refractivity contribution >= 4 is 23.5 Å². The molecule has 0 spiro atoms. The first kappa shape index (κ1) is 11.5. The van der Waals surface area contributed by atoms with Crippen molar-refractivity contribution < 1.29 is 0 Å². The van der Waals surface area contributed by atoms with Gasteiger partial charge in [0.05, 0.1) is 5.54 Å². The van der Waals surface area contributed by atoms with Crippen molar-refractivity contribution in [2.24, 2.45) is 0 Å². The highest BCUT2D eigenvalue weighted by Gasteiger charge is 2.38.